The first-order chi connectivity index (χ1) is 7.16. The molecule has 0 saturated heterocycles. The molecule has 0 atom stereocenters. The molecule has 15 heavy (non-hydrogen) atoms. The molecule has 1 nitrogen and oxygen atoms in total. The van der Waals surface area contributed by atoms with Crippen LogP contribution < -0.4 is 0 Å². The highest BCUT2D eigenvalue weighted by molar-refractivity contribution is 9.10. The fourth-order valence-corrected chi connectivity index (χ4v) is 2.16. The van der Waals surface area contributed by atoms with Crippen LogP contribution in [0.5, 0.6) is 0 Å². The molecule has 82 valence electrons. The van der Waals surface area contributed by atoms with Gasteiger partial charge in [-0.15, -0.1) is 0 Å². The Morgan fingerprint density at radius 2 is 2.20 bits per heavy atom. The largest absolute Gasteiger partial charge is 0.302 e. The maximum atomic E-state index is 13.2. The van der Waals surface area contributed by atoms with Gasteiger partial charge >= 0.3 is 0 Å². The fourth-order valence-electron chi connectivity index (χ4n) is 1.77. The number of benzene rings is 1. The van der Waals surface area contributed by atoms with Crippen LogP contribution in [-0.2, 0) is 6.54 Å². The molecule has 1 aromatic carbocycles. The Hall–Kier alpha value is -0.410. The van der Waals surface area contributed by atoms with E-state index in [1.807, 2.05) is 6.07 Å². The van der Waals surface area contributed by atoms with Gasteiger partial charge in [0, 0.05) is 13.1 Å². The van der Waals surface area contributed by atoms with E-state index in [4.69, 9.17) is 0 Å². The van der Waals surface area contributed by atoms with E-state index in [2.05, 4.69) is 27.9 Å². The first-order valence-electron chi connectivity index (χ1n) is 5.28. The Balaban J connectivity index is 1.99. The summed E-state index contributed by atoms with van der Waals surface area (Å²) >= 11 is 3.29. The van der Waals surface area contributed by atoms with Crippen molar-refractivity contribution in [2.45, 2.75) is 19.4 Å². The van der Waals surface area contributed by atoms with Crippen LogP contribution in [0.4, 0.5) is 4.39 Å². The van der Waals surface area contributed by atoms with Crippen LogP contribution in [0.15, 0.2) is 22.7 Å². The summed E-state index contributed by atoms with van der Waals surface area (Å²) in [5.74, 6) is 0.703. The van der Waals surface area contributed by atoms with Crippen LogP contribution >= 0.6 is 15.9 Å². The molecule has 0 heterocycles. The number of hydrogen-bond acceptors (Lipinski definition) is 1. The third kappa shape index (κ3) is 3.02. The molecule has 0 aromatic heterocycles. The maximum absolute atomic E-state index is 13.2. The molecular weight excluding hydrogens is 257 g/mol. The van der Waals surface area contributed by atoms with Gasteiger partial charge in [-0.2, -0.15) is 0 Å². The highest BCUT2D eigenvalue weighted by atomic mass is 79.9. The van der Waals surface area contributed by atoms with Crippen molar-refractivity contribution in [3.8, 4) is 0 Å². The summed E-state index contributed by atoms with van der Waals surface area (Å²) in [4.78, 5) is 2.26. The summed E-state index contributed by atoms with van der Waals surface area (Å²) in [5, 5.41) is 0. The van der Waals surface area contributed by atoms with Gasteiger partial charge in [0.05, 0.1) is 4.47 Å². The van der Waals surface area contributed by atoms with Gasteiger partial charge in [0.2, 0.25) is 0 Å². The lowest BCUT2D eigenvalue weighted by Crippen LogP contribution is -2.20. The lowest BCUT2D eigenvalue weighted by Gasteiger charge is -2.17. The van der Waals surface area contributed by atoms with Gasteiger partial charge in [0.25, 0.3) is 0 Å². The molecule has 1 aliphatic carbocycles. The Bertz CT molecular complexity index is 349. The minimum atomic E-state index is -0.174. The zero-order valence-electron chi connectivity index (χ0n) is 8.84. The average molecular weight is 272 g/mol. The van der Waals surface area contributed by atoms with E-state index < -0.39 is 0 Å². The van der Waals surface area contributed by atoms with Gasteiger partial charge in [-0.3, -0.25) is 0 Å². The van der Waals surface area contributed by atoms with Crippen LogP contribution in [0, 0.1) is 11.7 Å². The Morgan fingerprint density at radius 3 is 2.87 bits per heavy atom. The van der Waals surface area contributed by atoms with Gasteiger partial charge in [-0.05, 0) is 53.4 Å². The molecule has 1 fully saturated rings. The third-order valence-electron chi connectivity index (χ3n) is 2.74. The second-order valence-electron chi connectivity index (χ2n) is 4.35. The number of nitrogens with zero attached hydrogens (tertiary/aromatic N) is 1. The van der Waals surface area contributed by atoms with Crippen molar-refractivity contribution in [2.75, 3.05) is 13.6 Å². The molecule has 0 unspecified atom stereocenters. The van der Waals surface area contributed by atoms with Crippen molar-refractivity contribution in [1.29, 1.82) is 0 Å². The number of halogens is 2. The molecule has 0 aliphatic heterocycles. The first kappa shape index (κ1) is 11.1. The van der Waals surface area contributed by atoms with Crippen molar-refractivity contribution in [2.24, 2.45) is 5.92 Å². The molecule has 2 rings (SSSR count). The van der Waals surface area contributed by atoms with Crippen LogP contribution in [0.2, 0.25) is 0 Å². The Kier molecular flexibility index (Phi) is 3.42. The molecule has 1 aromatic rings. The van der Waals surface area contributed by atoms with Gasteiger partial charge in [-0.25, -0.2) is 4.39 Å². The molecule has 1 saturated carbocycles. The van der Waals surface area contributed by atoms with Crippen LogP contribution in [0.3, 0.4) is 0 Å². The van der Waals surface area contributed by atoms with E-state index >= 15 is 0 Å². The van der Waals surface area contributed by atoms with E-state index in [-0.39, 0.29) is 5.82 Å². The standard InChI is InChI=1S/C12H15BrFN/c1-15(7-9-5-6-9)8-10-3-2-4-11(14)12(10)13/h2-4,9H,5-8H2,1H3. The van der Waals surface area contributed by atoms with Crippen molar-refractivity contribution in [1.82, 2.24) is 4.90 Å². The molecular formula is C12H15BrFN. The van der Waals surface area contributed by atoms with Crippen LogP contribution in [-0.4, -0.2) is 18.5 Å². The third-order valence-corrected chi connectivity index (χ3v) is 3.63. The SMILES string of the molecule is CN(Cc1cccc(F)c1Br)CC1CC1. The summed E-state index contributed by atoms with van der Waals surface area (Å²) in [6, 6.07) is 5.21. The molecule has 0 bridgehead atoms. The number of hydrogen-bond donors (Lipinski definition) is 0. The highest BCUT2D eigenvalue weighted by Gasteiger charge is 2.22. The lowest BCUT2D eigenvalue weighted by atomic mass is 10.2. The Labute approximate surface area is 98.4 Å². The van der Waals surface area contributed by atoms with E-state index in [1.165, 1.54) is 18.9 Å². The van der Waals surface area contributed by atoms with Crippen molar-refractivity contribution in [3.63, 3.8) is 0 Å². The summed E-state index contributed by atoms with van der Waals surface area (Å²) in [7, 11) is 2.09. The van der Waals surface area contributed by atoms with Crippen LogP contribution in [0.25, 0.3) is 0 Å². The predicted octanol–water partition coefficient (Wildman–Crippen LogP) is 3.43. The monoisotopic (exact) mass is 271 g/mol. The van der Waals surface area contributed by atoms with E-state index in [1.54, 1.807) is 6.07 Å². The predicted molar refractivity (Wildman–Crippen MR) is 63.2 cm³/mol. The summed E-state index contributed by atoms with van der Waals surface area (Å²) < 4.78 is 13.8. The van der Waals surface area contributed by atoms with Crippen molar-refractivity contribution < 1.29 is 4.39 Å². The number of rotatable bonds is 4. The fraction of sp³-hybridized carbons (Fsp3) is 0.500. The molecule has 0 spiro atoms. The first-order valence-corrected chi connectivity index (χ1v) is 6.07. The summed E-state index contributed by atoms with van der Waals surface area (Å²) in [5.41, 5.74) is 1.03. The second-order valence-corrected chi connectivity index (χ2v) is 5.15. The topological polar surface area (TPSA) is 3.24 Å². The normalized spacial score (nSPS) is 16.0. The maximum Gasteiger partial charge on any atom is 0.137 e. The van der Waals surface area contributed by atoms with Crippen LogP contribution in [0.1, 0.15) is 18.4 Å². The lowest BCUT2D eigenvalue weighted by molar-refractivity contribution is 0.312. The van der Waals surface area contributed by atoms with Crippen molar-refractivity contribution >= 4 is 15.9 Å². The van der Waals surface area contributed by atoms with E-state index in [9.17, 15) is 4.39 Å². The Morgan fingerprint density at radius 1 is 1.47 bits per heavy atom. The summed E-state index contributed by atoms with van der Waals surface area (Å²) in [6.45, 7) is 1.94. The average Bonchev–Trinajstić information content (AvgIpc) is 2.97. The quantitative estimate of drug-likeness (QED) is 0.811. The molecule has 0 amide bonds. The molecule has 3 heteroatoms. The van der Waals surface area contributed by atoms with Gasteiger partial charge < -0.3 is 4.90 Å². The van der Waals surface area contributed by atoms with E-state index in [0.29, 0.717) is 4.47 Å². The minimum Gasteiger partial charge on any atom is -0.302 e. The van der Waals surface area contributed by atoms with E-state index in [0.717, 1.165) is 24.6 Å². The molecule has 0 N–H and O–H groups in total. The zero-order chi connectivity index (χ0) is 10.8. The highest BCUT2D eigenvalue weighted by Crippen LogP contribution is 2.30. The van der Waals surface area contributed by atoms with Crippen molar-refractivity contribution in [3.05, 3.63) is 34.1 Å². The minimum absolute atomic E-state index is 0.174. The zero-order valence-corrected chi connectivity index (χ0v) is 10.4. The smallest absolute Gasteiger partial charge is 0.137 e. The molecule has 0 radical (unpaired) electrons. The molecule has 1 aliphatic rings. The van der Waals surface area contributed by atoms with Gasteiger partial charge in [-0.1, -0.05) is 12.1 Å². The summed E-state index contributed by atoms with van der Waals surface area (Å²) in [6.07, 6.45) is 2.71. The second kappa shape index (κ2) is 4.62. The van der Waals surface area contributed by atoms with Gasteiger partial charge in [0.1, 0.15) is 5.82 Å². The van der Waals surface area contributed by atoms with Gasteiger partial charge in [0.15, 0.2) is 0 Å².